The Morgan fingerprint density at radius 2 is 1.74 bits per heavy atom. The number of carbonyl (C=O) groups is 2. The van der Waals surface area contributed by atoms with Crippen LogP contribution in [-0.4, -0.2) is 106 Å². The van der Waals surface area contributed by atoms with Gasteiger partial charge in [-0.1, -0.05) is 0 Å². The summed E-state index contributed by atoms with van der Waals surface area (Å²) in [6.45, 7) is 5.42. The van der Waals surface area contributed by atoms with Crippen molar-refractivity contribution < 1.29 is 14.3 Å². The summed E-state index contributed by atoms with van der Waals surface area (Å²) in [7, 11) is 2.07. The Kier molecular flexibility index (Phi) is 5.46. The van der Waals surface area contributed by atoms with E-state index in [0.717, 1.165) is 35.1 Å². The van der Waals surface area contributed by atoms with E-state index in [9.17, 15) is 9.59 Å². The van der Waals surface area contributed by atoms with Gasteiger partial charge in [0.15, 0.2) is 0 Å². The van der Waals surface area contributed by atoms with Gasteiger partial charge < -0.3 is 24.4 Å². The molecule has 6 heterocycles. The van der Waals surface area contributed by atoms with Crippen LogP contribution in [0.1, 0.15) is 20.7 Å². The number of likely N-dealkylation sites (N-methyl/N-ethyl adjacent to an activating group) is 1. The first-order valence-corrected chi connectivity index (χ1v) is 11.9. The molecule has 0 bridgehead atoms. The third-order valence-electron chi connectivity index (χ3n) is 6.93. The number of hydrogen-bond donors (Lipinski definition) is 1. The van der Waals surface area contributed by atoms with E-state index in [1.54, 1.807) is 21.8 Å². The Hall–Kier alpha value is -3.76. The van der Waals surface area contributed by atoms with Crippen molar-refractivity contribution in [2.24, 2.45) is 0 Å². The van der Waals surface area contributed by atoms with Crippen LogP contribution >= 0.6 is 0 Å². The SMILES string of the molecule is CN1CCN(C(=O)c2cnc3[nH]cc(-c4ccn5ncc(C(=O)N6CCOCC6)c5c4)c3c2)CC1. The van der Waals surface area contributed by atoms with E-state index in [2.05, 4.69) is 27.0 Å². The molecule has 180 valence electrons. The second-order valence-corrected chi connectivity index (χ2v) is 9.13. The minimum atomic E-state index is -0.0406. The summed E-state index contributed by atoms with van der Waals surface area (Å²) in [4.78, 5) is 39.9. The Labute approximate surface area is 202 Å². The Morgan fingerprint density at radius 3 is 2.54 bits per heavy atom. The maximum atomic E-state index is 13.1. The quantitative estimate of drug-likeness (QED) is 0.487. The molecule has 0 atom stereocenters. The van der Waals surface area contributed by atoms with Gasteiger partial charge in [0.2, 0.25) is 0 Å². The van der Waals surface area contributed by atoms with Crippen molar-refractivity contribution >= 4 is 28.4 Å². The third-order valence-corrected chi connectivity index (χ3v) is 6.93. The first-order chi connectivity index (χ1) is 17.1. The summed E-state index contributed by atoms with van der Waals surface area (Å²) in [6, 6.07) is 5.84. The number of morpholine rings is 1. The summed E-state index contributed by atoms with van der Waals surface area (Å²) in [6.07, 6.45) is 7.02. The minimum absolute atomic E-state index is 0.00397. The highest BCUT2D eigenvalue weighted by atomic mass is 16.5. The number of rotatable bonds is 3. The van der Waals surface area contributed by atoms with Gasteiger partial charge in [0.25, 0.3) is 11.8 Å². The molecule has 1 N–H and O–H groups in total. The van der Waals surface area contributed by atoms with Crippen molar-refractivity contribution in [3.8, 4) is 11.1 Å². The first-order valence-electron chi connectivity index (χ1n) is 11.9. The van der Waals surface area contributed by atoms with Gasteiger partial charge >= 0.3 is 0 Å². The van der Waals surface area contributed by atoms with Gasteiger partial charge in [-0.2, -0.15) is 5.10 Å². The number of nitrogens with zero attached hydrogens (tertiary/aromatic N) is 6. The van der Waals surface area contributed by atoms with E-state index in [1.165, 1.54) is 0 Å². The third kappa shape index (κ3) is 3.94. The number of nitrogens with one attached hydrogen (secondary N) is 1. The molecule has 4 aromatic rings. The number of aromatic nitrogens is 4. The molecule has 0 unspecified atom stereocenters. The van der Waals surface area contributed by atoms with E-state index < -0.39 is 0 Å². The van der Waals surface area contributed by atoms with Crippen LogP contribution in [0.5, 0.6) is 0 Å². The summed E-state index contributed by atoms with van der Waals surface area (Å²) in [5, 5.41) is 5.25. The fraction of sp³-hybridized carbons (Fsp3) is 0.360. The van der Waals surface area contributed by atoms with Crippen LogP contribution in [0.3, 0.4) is 0 Å². The lowest BCUT2D eigenvalue weighted by atomic mass is 10.0. The number of H-pyrrole nitrogens is 1. The van der Waals surface area contributed by atoms with Crippen LogP contribution in [0.4, 0.5) is 0 Å². The minimum Gasteiger partial charge on any atom is -0.378 e. The largest absolute Gasteiger partial charge is 0.378 e. The number of aromatic amines is 1. The fourth-order valence-corrected chi connectivity index (χ4v) is 4.80. The second kappa shape index (κ2) is 8.79. The van der Waals surface area contributed by atoms with Gasteiger partial charge in [-0.05, 0) is 30.8 Å². The molecule has 2 aliphatic heterocycles. The molecule has 0 radical (unpaired) electrons. The molecule has 0 aliphatic carbocycles. The van der Waals surface area contributed by atoms with E-state index in [0.29, 0.717) is 56.2 Å². The van der Waals surface area contributed by atoms with Crippen LogP contribution in [0.2, 0.25) is 0 Å². The number of carbonyl (C=O) groups excluding carboxylic acids is 2. The van der Waals surface area contributed by atoms with Crippen molar-refractivity contribution in [1.29, 1.82) is 0 Å². The summed E-state index contributed by atoms with van der Waals surface area (Å²) in [5.74, 6) is -0.0367. The molecule has 10 nitrogen and oxygen atoms in total. The molecule has 0 aromatic carbocycles. The predicted molar refractivity (Wildman–Crippen MR) is 130 cm³/mol. The number of hydrogen-bond acceptors (Lipinski definition) is 6. The molecule has 2 fully saturated rings. The van der Waals surface area contributed by atoms with Crippen LogP contribution in [0, 0.1) is 0 Å². The molecule has 35 heavy (non-hydrogen) atoms. The van der Waals surface area contributed by atoms with Gasteiger partial charge in [-0.15, -0.1) is 0 Å². The standard InChI is InChI=1S/C25H27N7O3/c1-29-4-6-30(7-5-29)24(33)18-12-19-20(15-27-23(19)26-14-18)17-2-3-32-22(13-17)21(16-28-32)25(34)31-8-10-35-11-9-31/h2-3,12-16H,4-11H2,1H3,(H,26,27). The van der Waals surface area contributed by atoms with Crippen molar-refractivity contribution in [3.63, 3.8) is 0 Å². The monoisotopic (exact) mass is 473 g/mol. The average molecular weight is 474 g/mol. The average Bonchev–Trinajstić information content (AvgIpc) is 3.52. The fourth-order valence-electron chi connectivity index (χ4n) is 4.80. The molecule has 10 heteroatoms. The number of piperazine rings is 1. The summed E-state index contributed by atoms with van der Waals surface area (Å²) < 4.78 is 7.10. The first kappa shape index (κ1) is 21.8. The molecule has 4 aromatic heterocycles. The molecular formula is C25H27N7O3. The van der Waals surface area contributed by atoms with Crippen molar-refractivity contribution in [1.82, 2.24) is 34.3 Å². The smallest absolute Gasteiger partial charge is 0.257 e. The highest BCUT2D eigenvalue weighted by molar-refractivity contribution is 6.03. The normalized spacial score (nSPS) is 17.4. The maximum absolute atomic E-state index is 13.1. The van der Waals surface area contributed by atoms with Crippen LogP contribution < -0.4 is 0 Å². The highest BCUT2D eigenvalue weighted by Gasteiger charge is 2.24. The van der Waals surface area contributed by atoms with Crippen molar-refractivity contribution in [2.45, 2.75) is 0 Å². The number of amides is 2. The van der Waals surface area contributed by atoms with E-state index in [-0.39, 0.29) is 11.8 Å². The molecule has 2 aliphatic rings. The maximum Gasteiger partial charge on any atom is 0.257 e. The van der Waals surface area contributed by atoms with E-state index in [4.69, 9.17) is 4.74 Å². The van der Waals surface area contributed by atoms with Crippen molar-refractivity contribution in [3.05, 3.63) is 54.1 Å². The topological polar surface area (TPSA) is 99.1 Å². The zero-order chi connectivity index (χ0) is 23.9. The zero-order valence-electron chi connectivity index (χ0n) is 19.6. The van der Waals surface area contributed by atoms with Crippen LogP contribution in [-0.2, 0) is 4.74 Å². The van der Waals surface area contributed by atoms with Gasteiger partial charge in [-0.3, -0.25) is 9.59 Å². The van der Waals surface area contributed by atoms with Gasteiger partial charge in [0, 0.05) is 68.8 Å². The Bertz CT molecular complexity index is 1410. The highest BCUT2D eigenvalue weighted by Crippen LogP contribution is 2.30. The van der Waals surface area contributed by atoms with Crippen LogP contribution in [0.15, 0.2) is 43.0 Å². The zero-order valence-corrected chi connectivity index (χ0v) is 19.6. The molecule has 0 spiro atoms. The Morgan fingerprint density at radius 1 is 0.971 bits per heavy atom. The summed E-state index contributed by atoms with van der Waals surface area (Å²) >= 11 is 0. The van der Waals surface area contributed by atoms with Gasteiger partial charge in [-0.25, -0.2) is 9.50 Å². The van der Waals surface area contributed by atoms with E-state index in [1.807, 2.05) is 35.5 Å². The van der Waals surface area contributed by atoms with Crippen molar-refractivity contribution in [2.75, 3.05) is 59.5 Å². The van der Waals surface area contributed by atoms with Gasteiger partial charge in [0.05, 0.1) is 36.1 Å². The lowest BCUT2D eigenvalue weighted by Gasteiger charge is -2.32. The molecule has 0 saturated carbocycles. The summed E-state index contributed by atoms with van der Waals surface area (Å²) in [5.41, 5.74) is 4.45. The number of fused-ring (bicyclic) bond motifs is 2. The lowest BCUT2D eigenvalue weighted by molar-refractivity contribution is 0.0304. The molecule has 2 saturated heterocycles. The lowest BCUT2D eigenvalue weighted by Crippen LogP contribution is -2.47. The Balaban J connectivity index is 1.35. The predicted octanol–water partition coefficient (Wildman–Crippen LogP) is 1.74. The second-order valence-electron chi connectivity index (χ2n) is 9.13. The molecule has 6 rings (SSSR count). The van der Waals surface area contributed by atoms with Gasteiger partial charge in [0.1, 0.15) is 5.65 Å². The molecular weight excluding hydrogens is 446 g/mol. The number of ether oxygens (including phenoxy) is 1. The van der Waals surface area contributed by atoms with E-state index >= 15 is 0 Å². The number of pyridine rings is 2. The molecule has 2 amide bonds. The van der Waals surface area contributed by atoms with Crippen LogP contribution in [0.25, 0.3) is 27.7 Å².